The first kappa shape index (κ1) is 27.2. The molecule has 8 nitrogen and oxygen atoms in total. The second kappa shape index (κ2) is 13.1. The van der Waals surface area contributed by atoms with Crippen molar-refractivity contribution < 1.29 is 4.74 Å². The minimum absolute atomic E-state index is 0.530. The summed E-state index contributed by atoms with van der Waals surface area (Å²) in [5.41, 5.74) is 4.01. The van der Waals surface area contributed by atoms with Gasteiger partial charge in [0.25, 0.3) is 0 Å². The lowest BCUT2D eigenvalue weighted by Gasteiger charge is -2.13. The molecule has 1 aromatic carbocycles. The number of hydrogen-bond acceptors (Lipinski definition) is 7. The van der Waals surface area contributed by atoms with Crippen molar-refractivity contribution in [1.29, 1.82) is 5.26 Å². The van der Waals surface area contributed by atoms with Crippen LogP contribution < -0.4 is 10.6 Å². The van der Waals surface area contributed by atoms with Crippen molar-refractivity contribution in [3.8, 4) is 17.3 Å². The van der Waals surface area contributed by atoms with E-state index in [1.54, 1.807) is 24.4 Å². The van der Waals surface area contributed by atoms with Gasteiger partial charge >= 0.3 is 0 Å². The average molecular weight is 565 g/mol. The smallest absolute Gasteiger partial charge is 0.152 e. The number of halogens is 2. The number of ether oxygens (including phenoxy) is 1. The molecule has 3 aromatic heterocycles. The van der Waals surface area contributed by atoms with E-state index in [1.807, 2.05) is 22.8 Å². The minimum Gasteiger partial charge on any atom is -0.381 e. The van der Waals surface area contributed by atoms with Crippen LogP contribution in [0.15, 0.2) is 48.8 Å². The Labute approximate surface area is 238 Å². The van der Waals surface area contributed by atoms with Crippen LogP contribution in [0.4, 0.5) is 11.6 Å². The van der Waals surface area contributed by atoms with E-state index in [0.717, 1.165) is 61.5 Å². The maximum absolute atomic E-state index is 8.96. The van der Waals surface area contributed by atoms with Gasteiger partial charge in [-0.2, -0.15) is 10.4 Å². The van der Waals surface area contributed by atoms with Crippen LogP contribution in [0, 0.1) is 17.2 Å². The number of hydrogen-bond donors (Lipinski definition) is 2. The number of fused-ring (bicyclic) bond motifs is 1. The molecule has 1 saturated heterocycles. The lowest BCUT2D eigenvalue weighted by atomic mass is 9.92. The third-order valence-corrected chi connectivity index (χ3v) is 7.43. The molecule has 1 atom stereocenters. The van der Waals surface area contributed by atoms with E-state index in [0.29, 0.717) is 46.1 Å². The summed E-state index contributed by atoms with van der Waals surface area (Å²) >= 11 is 12.7. The van der Waals surface area contributed by atoms with Crippen LogP contribution in [0.25, 0.3) is 16.8 Å². The molecule has 5 rings (SSSR count). The predicted octanol–water partition coefficient (Wildman–Crippen LogP) is 6.63. The fraction of sp³-hybridized carbons (Fsp3) is 0.379. The SMILES string of the molecule is N#Cc1ccc(NCCNc2nc(-c3ccc(Cl)cc3Cl)cn3nc(CC4CCCCOCCC4)cc23)nc1. The highest BCUT2D eigenvalue weighted by Crippen LogP contribution is 2.31. The number of aromatic nitrogens is 4. The largest absolute Gasteiger partial charge is 0.381 e. The Kier molecular flexibility index (Phi) is 9.15. The molecule has 0 aliphatic carbocycles. The Bertz CT molecular complexity index is 1440. The molecule has 10 heteroatoms. The topological polar surface area (TPSA) is 100 Å². The molecule has 4 heterocycles. The normalized spacial score (nSPS) is 16.2. The summed E-state index contributed by atoms with van der Waals surface area (Å²) in [6.45, 7) is 2.93. The zero-order valence-electron chi connectivity index (χ0n) is 21.7. The van der Waals surface area contributed by atoms with E-state index in [9.17, 15) is 0 Å². The van der Waals surface area contributed by atoms with E-state index >= 15 is 0 Å². The Morgan fingerprint density at radius 3 is 2.69 bits per heavy atom. The molecule has 0 radical (unpaired) electrons. The van der Waals surface area contributed by atoms with Gasteiger partial charge in [0.2, 0.25) is 0 Å². The molecule has 0 bridgehead atoms. The van der Waals surface area contributed by atoms with E-state index < -0.39 is 0 Å². The van der Waals surface area contributed by atoms with Crippen LogP contribution in [0.1, 0.15) is 43.4 Å². The summed E-state index contributed by atoms with van der Waals surface area (Å²) in [6.07, 6.45) is 10.2. The third kappa shape index (κ3) is 7.18. The summed E-state index contributed by atoms with van der Waals surface area (Å²) < 4.78 is 7.60. The van der Waals surface area contributed by atoms with E-state index in [4.69, 9.17) is 43.3 Å². The minimum atomic E-state index is 0.530. The molecule has 0 amide bonds. The summed E-state index contributed by atoms with van der Waals surface area (Å²) in [5, 5.41) is 21.8. The third-order valence-electron chi connectivity index (χ3n) is 6.88. The first-order valence-electron chi connectivity index (χ1n) is 13.4. The molecule has 1 unspecified atom stereocenters. The van der Waals surface area contributed by atoms with Gasteiger partial charge < -0.3 is 15.4 Å². The molecule has 1 aliphatic heterocycles. The van der Waals surface area contributed by atoms with Crippen molar-refractivity contribution in [3.63, 3.8) is 0 Å². The molecular formula is C29H31Cl2N7O. The summed E-state index contributed by atoms with van der Waals surface area (Å²) in [4.78, 5) is 9.20. The Hall–Kier alpha value is -3.38. The zero-order valence-corrected chi connectivity index (χ0v) is 23.2. The van der Waals surface area contributed by atoms with Crippen LogP contribution in [-0.4, -0.2) is 45.9 Å². The fourth-order valence-corrected chi connectivity index (χ4v) is 5.40. The van der Waals surface area contributed by atoms with Gasteiger partial charge in [-0.15, -0.1) is 0 Å². The summed E-state index contributed by atoms with van der Waals surface area (Å²) in [7, 11) is 0. The quantitative estimate of drug-likeness (QED) is 0.232. The fourth-order valence-electron chi connectivity index (χ4n) is 4.89. The molecule has 202 valence electrons. The van der Waals surface area contributed by atoms with Gasteiger partial charge in [-0.05, 0) is 74.4 Å². The second-order valence-corrected chi connectivity index (χ2v) is 10.6. The van der Waals surface area contributed by atoms with Crippen LogP contribution >= 0.6 is 23.2 Å². The van der Waals surface area contributed by atoms with Crippen LogP contribution in [-0.2, 0) is 11.2 Å². The predicted molar refractivity (Wildman–Crippen MR) is 155 cm³/mol. The maximum atomic E-state index is 8.96. The number of benzene rings is 1. The highest BCUT2D eigenvalue weighted by Gasteiger charge is 2.17. The van der Waals surface area contributed by atoms with Gasteiger partial charge in [-0.25, -0.2) is 14.5 Å². The van der Waals surface area contributed by atoms with Crippen LogP contribution in [0.5, 0.6) is 0 Å². The number of rotatable bonds is 8. The van der Waals surface area contributed by atoms with E-state index in [-0.39, 0.29) is 0 Å². The number of nitriles is 1. The van der Waals surface area contributed by atoms with Crippen molar-refractivity contribution >= 4 is 40.4 Å². The van der Waals surface area contributed by atoms with Gasteiger partial charge in [0, 0.05) is 43.1 Å². The number of nitrogens with zero attached hydrogens (tertiary/aromatic N) is 5. The Morgan fingerprint density at radius 2 is 1.87 bits per heavy atom. The van der Waals surface area contributed by atoms with Gasteiger partial charge in [-0.3, -0.25) is 0 Å². The Balaban J connectivity index is 1.37. The molecule has 4 aromatic rings. The van der Waals surface area contributed by atoms with Crippen LogP contribution in [0.2, 0.25) is 10.0 Å². The number of nitrogens with one attached hydrogen (secondary N) is 2. The number of pyridine rings is 1. The Morgan fingerprint density at radius 1 is 1.03 bits per heavy atom. The van der Waals surface area contributed by atoms with Gasteiger partial charge in [0.15, 0.2) is 5.82 Å². The van der Waals surface area contributed by atoms with Crippen molar-refractivity contribution in [1.82, 2.24) is 19.6 Å². The standard InChI is InChI=1S/C29H31Cl2N7O/c30-22-7-8-24(25(31)15-22)26-19-38-27(16-23(37-38)14-20-4-1-2-12-39-13-3-5-20)29(36-26)34-11-10-33-28-9-6-21(17-32)18-35-28/h6-9,15-16,18-20H,1-5,10-14H2,(H,33,35)(H,34,36). The number of anilines is 2. The monoisotopic (exact) mass is 563 g/mol. The molecule has 2 N–H and O–H groups in total. The lowest BCUT2D eigenvalue weighted by Crippen LogP contribution is -2.15. The molecule has 39 heavy (non-hydrogen) atoms. The summed E-state index contributed by atoms with van der Waals surface area (Å²) in [6, 6.07) is 13.2. The molecule has 0 spiro atoms. The van der Waals surface area contributed by atoms with Crippen LogP contribution in [0.3, 0.4) is 0 Å². The van der Waals surface area contributed by atoms with Gasteiger partial charge in [-0.1, -0.05) is 29.6 Å². The molecule has 0 saturated carbocycles. The first-order valence-corrected chi connectivity index (χ1v) is 14.1. The molecular weight excluding hydrogens is 533 g/mol. The molecule has 1 fully saturated rings. The maximum Gasteiger partial charge on any atom is 0.152 e. The van der Waals surface area contributed by atoms with Gasteiger partial charge in [0.05, 0.1) is 28.2 Å². The lowest BCUT2D eigenvalue weighted by molar-refractivity contribution is 0.130. The van der Waals surface area contributed by atoms with Crippen molar-refractivity contribution in [3.05, 3.63) is 70.1 Å². The van der Waals surface area contributed by atoms with E-state index in [2.05, 4.69) is 27.8 Å². The van der Waals surface area contributed by atoms with Crippen molar-refractivity contribution in [2.24, 2.45) is 5.92 Å². The zero-order chi connectivity index (χ0) is 27.0. The summed E-state index contributed by atoms with van der Waals surface area (Å²) in [5.74, 6) is 2.03. The highest BCUT2D eigenvalue weighted by atomic mass is 35.5. The van der Waals surface area contributed by atoms with Gasteiger partial charge in [0.1, 0.15) is 17.4 Å². The van der Waals surface area contributed by atoms with Crippen molar-refractivity contribution in [2.75, 3.05) is 36.9 Å². The van der Waals surface area contributed by atoms with E-state index in [1.165, 1.54) is 12.8 Å². The second-order valence-electron chi connectivity index (χ2n) is 9.78. The average Bonchev–Trinajstić information content (AvgIpc) is 3.39. The van der Waals surface area contributed by atoms with Crippen molar-refractivity contribution in [2.45, 2.75) is 38.5 Å². The highest BCUT2D eigenvalue weighted by molar-refractivity contribution is 6.36. The first-order chi connectivity index (χ1) is 19.1. The molecule has 1 aliphatic rings.